The molecule has 0 spiro atoms. The number of methoxy groups -OCH3 is 1. The van der Waals surface area contributed by atoms with Gasteiger partial charge in [0, 0.05) is 6.20 Å². The van der Waals surface area contributed by atoms with Gasteiger partial charge in [0.1, 0.15) is 11.6 Å². The number of benzene rings is 1. The van der Waals surface area contributed by atoms with Gasteiger partial charge < -0.3 is 19.1 Å². The molecule has 25 heavy (non-hydrogen) atoms. The van der Waals surface area contributed by atoms with Crippen LogP contribution in [0.15, 0.2) is 42.6 Å². The van der Waals surface area contributed by atoms with E-state index in [1.807, 2.05) is 43.3 Å². The quantitative estimate of drug-likeness (QED) is 0.646. The first-order valence-electron chi connectivity index (χ1n) is 8.24. The first-order valence-corrected chi connectivity index (χ1v) is 9.85. The van der Waals surface area contributed by atoms with Gasteiger partial charge in [-0.3, -0.25) is 4.57 Å². The fourth-order valence-corrected chi connectivity index (χ4v) is 4.29. The van der Waals surface area contributed by atoms with Crippen molar-refractivity contribution in [3.05, 3.63) is 53.7 Å². The summed E-state index contributed by atoms with van der Waals surface area (Å²) in [7, 11) is -1.84. The molecule has 0 aliphatic heterocycles. The second-order valence-electron chi connectivity index (χ2n) is 5.42. The van der Waals surface area contributed by atoms with Crippen LogP contribution in [0.25, 0.3) is 0 Å². The summed E-state index contributed by atoms with van der Waals surface area (Å²) in [5.41, 5.74) is 1.82. The highest BCUT2D eigenvalue weighted by Gasteiger charge is 2.37. The molecule has 7 heteroatoms. The number of rotatable bonds is 9. The van der Waals surface area contributed by atoms with E-state index < -0.39 is 13.4 Å². The lowest BCUT2D eigenvalue weighted by atomic mass is 10.2. The van der Waals surface area contributed by atoms with Crippen molar-refractivity contribution in [1.29, 1.82) is 0 Å². The third-order valence-corrected chi connectivity index (χ3v) is 5.86. The molecule has 0 bridgehead atoms. The third kappa shape index (κ3) is 5.05. The molecule has 1 N–H and O–H groups in total. The molecule has 1 heterocycles. The maximum absolute atomic E-state index is 13.4. The highest BCUT2D eigenvalue weighted by molar-refractivity contribution is 7.54. The Labute approximate surface area is 149 Å². The second-order valence-corrected chi connectivity index (χ2v) is 7.53. The Bertz CT molecular complexity index is 694. The van der Waals surface area contributed by atoms with Crippen molar-refractivity contribution < 1.29 is 18.3 Å². The van der Waals surface area contributed by atoms with Crippen molar-refractivity contribution in [3.63, 3.8) is 0 Å². The Kier molecular flexibility index (Phi) is 7.00. The molecule has 2 rings (SSSR count). The van der Waals surface area contributed by atoms with Gasteiger partial charge in [-0.2, -0.15) is 0 Å². The number of nitrogens with one attached hydrogen (secondary N) is 1. The van der Waals surface area contributed by atoms with Gasteiger partial charge in [-0.15, -0.1) is 0 Å². The number of aryl methyl sites for hydroxylation is 1. The molecule has 6 nitrogen and oxygen atoms in total. The zero-order valence-corrected chi connectivity index (χ0v) is 16.0. The summed E-state index contributed by atoms with van der Waals surface area (Å²) in [5, 5.41) is 3.21. The normalized spacial score (nSPS) is 12.6. The summed E-state index contributed by atoms with van der Waals surface area (Å²) >= 11 is 0. The van der Waals surface area contributed by atoms with Crippen molar-refractivity contribution in [3.8, 4) is 5.75 Å². The molecular weight excluding hydrogens is 339 g/mol. The molecule has 1 aromatic heterocycles. The van der Waals surface area contributed by atoms with Gasteiger partial charge in [0.15, 0.2) is 5.78 Å². The highest BCUT2D eigenvalue weighted by Crippen LogP contribution is 2.60. The first kappa shape index (κ1) is 19.4. The zero-order chi connectivity index (χ0) is 18.3. The van der Waals surface area contributed by atoms with Crippen LogP contribution in [-0.2, 0) is 13.6 Å². The molecule has 0 saturated carbocycles. The van der Waals surface area contributed by atoms with Crippen LogP contribution in [0, 0.1) is 6.92 Å². The van der Waals surface area contributed by atoms with E-state index in [0.29, 0.717) is 5.82 Å². The molecule has 1 unspecified atom stereocenters. The van der Waals surface area contributed by atoms with Crippen LogP contribution in [0.3, 0.4) is 0 Å². The third-order valence-electron chi connectivity index (χ3n) is 3.56. The summed E-state index contributed by atoms with van der Waals surface area (Å²) in [4.78, 5) is 4.34. The number of hydrogen-bond acceptors (Lipinski definition) is 6. The summed E-state index contributed by atoms with van der Waals surface area (Å²) in [5.74, 6) is 0.651. The molecule has 0 aliphatic rings. The largest absolute Gasteiger partial charge is 0.497 e. The Morgan fingerprint density at radius 2 is 1.72 bits per heavy atom. The van der Waals surface area contributed by atoms with Crippen molar-refractivity contribution in [2.24, 2.45) is 0 Å². The topological polar surface area (TPSA) is 69.7 Å². The second kappa shape index (κ2) is 8.99. The molecule has 136 valence electrons. The Morgan fingerprint density at radius 1 is 1.08 bits per heavy atom. The van der Waals surface area contributed by atoms with Crippen LogP contribution in [0.2, 0.25) is 0 Å². The van der Waals surface area contributed by atoms with Gasteiger partial charge >= 0.3 is 7.60 Å². The van der Waals surface area contributed by atoms with Gasteiger partial charge in [0.2, 0.25) is 0 Å². The monoisotopic (exact) mass is 364 g/mol. The number of aromatic nitrogens is 1. The van der Waals surface area contributed by atoms with Gasteiger partial charge in [-0.25, -0.2) is 4.98 Å². The average molecular weight is 364 g/mol. The Hall–Kier alpha value is -1.88. The van der Waals surface area contributed by atoms with E-state index in [0.717, 1.165) is 16.9 Å². The zero-order valence-electron chi connectivity index (χ0n) is 15.1. The Balaban J connectivity index is 2.41. The minimum absolute atomic E-state index is 0.285. The van der Waals surface area contributed by atoms with Crippen LogP contribution >= 0.6 is 7.60 Å². The van der Waals surface area contributed by atoms with Gasteiger partial charge in [-0.05, 0) is 50.1 Å². The van der Waals surface area contributed by atoms with Crippen molar-refractivity contribution in [2.75, 3.05) is 25.6 Å². The van der Waals surface area contributed by atoms with Crippen LogP contribution < -0.4 is 10.1 Å². The number of ether oxygens (including phenoxy) is 1. The molecule has 1 atom stereocenters. The fourth-order valence-electron chi connectivity index (χ4n) is 2.37. The number of anilines is 1. The summed E-state index contributed by atoms with van der Waals surface area (Å²) in [6.45, 7) is 6.12. The lowest BCUT2D eigenvalue weighted by Gasteiger charge is -2.28. The molecule has 0 radical (unpaired) electrons. The van der Waals surface area contributed by atoms with Crippen molar-refractivity contribution in [2.45, 2.75) is 26.6 Å². The van der Waals surface area contributed by atoms with Crippen LogP contribution in [-0.4, -0.2) is 25.3 Å². The Morgan fingerprint density at radius 3 is 2.20 bits per heavy atom. The van der Waals surface area contributed by atoms with E-state index in [1.165, 1.54) is 0 Å². The van der Waals surface area contributed by atoms with E-state index in [4.69, 9.17) is 13.8 Å². The molecule has 0 aliphatic carbocycles. The summed E-state index contributed by atoms with van der Waals surface area (Å²) in [6.07, 6.45) is 1.75. The number of hydrogen-bond donors (Lipinski definition) is 1. The molecule has 0 fully saturated rings. The van der Waals surface area contributed by atoms with Gasteiger partial charge in [-0.1, -0.05) is 18.2 Å². The minimum Gasteiger partial charge on any atom is -0.497 e. The molecular formula is C18H25N2O4P. The van der Waals surface area contributed by atoms with E-state index >= 15 is 0 Å². The fraction of sp³-hybridized carbons (Fsp3) is 0.389. The molecule has 0 amide bonds. The number of pyridine rings is 1. The maximum atomic E-state index is 13.4. The maximum Gasteiger partial charge on any atom is 0.357 e. The standard InChI is InChI=1S/C18H25N2O4P/c1-5-23-25(21,24-6-2)18(15-8-10-16(22-4)11-9-15)20-17-12-7-14(3)13-19-17/h7-13,18H,5-6H2,1-4H3,(H,19,20). The van der Waals surface area contributed by atoms with Gasteiger partial charge in [0.05, 0.1) is 20.3 Å². The van der Waals surface area contributed by atoms with E-state index in [1.54, 1.807) is 27.2 Å². The van der Waals surface area contributed by atoms with E-state index in [9.17, 15) is 4.57 Å². The predicted molar refractivity (Wildman–Crippen MR) is 99.2 cm³/mol. The summed E-state index contributed by atoms with van der Waals surface area (Å²) < 4.78 is 29.7. The SMILES string of the molecule is CCOP(=O)(OCC)C(Nc1ccc(C)cn1)c1ccc(OC)cc1. The molecule has 1 aromatic carbocycles. The summed E-state index contributed by atoms with van der Waals surface area (Å²) in [6, 6.07) is 11.1. The van der Waals surface area contributed by atoms with Crippen LogP contribution in [0.1, 0.15) is 30.8 Å². The lowest BCUT2D eigenvalue weighted by molar-refractivity contribution is 0.214. The predicted octanol–water partition coefficient (Wildman–Crippen LogP) is 4.78. The minimum atomic E-state index is -3.44. The van der Waals surface area contributed by atoms with E-state index in [-0.39, 0.29) is 13.2 Å². The van der Waals surface area contributed by atoms with Gasteiger partial charge in [0.25, 0.3) is 0 Å². The molecule has 0 saturated heterocycles. The average Bonchev–Trinajstić information content (AvgIpc) is 2.62. The number of nitrogens with zero attached hydrogens (tertiary/aromatic N) is 1. The first-order chi connectivity index (χ1) is 12.0. The lowest BCUT2D eigenvalue weighted by Crippen LogP contribution is -2.16. The van der Waals surface area contributed by atoms with Crippen LogP contribution in [0.5, 0.6) is 5.75 Å². The van der Waals surface area contributed by atoms with Crippen molar-refractivity contribution >= 4 is 13.4 Å². The highest BCUT2D eigenvalue weighted by atomic mass is 31.2. The van der Waals surface area contributed by atoms with Crippen LogP contribution in [0.4, 0.5) is 5.82 Å². The van der Waals surface area contributed by atoms with E-state index in [2.05, 4.69) is 10.3 Å². The van der Waals surface area contributed by atoms with Crippen molar-refractivity contribution in [1.82, 2.24) is 4.98 Å². The molecule has 2 aromatic rings. The smallest absolute Gasteiger partial charge is 0.357 e.